The Hall–Kier alpha value is -2.73. The SMILES string of the molecule is CC(=O)c1ccc(N2CCN(C(=O)C(C)C(N)c3ccccc3)CC2)c(F)c1. The summed E-state index contributed by atoms with van der Waals surface area (Å²) in [4.78, 5) is 28.0. The van der Waals surface area contributed by atoms with Crippen LogP contribution in [0.25, 0.3) is 0 Å². The first-order valence-electron chi connectivity index (χ1n) is 9.53. The Kier molecular flexibility index (Phi) is 6.09. The van der Waals surface area contributed by atoms with E-state index in [1.54, 1.807) is 17.0 Å². The second kappa shape index (κ2) is 8.52. The Morgan fingerprint density at radius 1 is 1.04 bits per heavy atom. The number of anilines is 1. The number of nitrogens with two attached hydrogens (primary N) is 1. The van der Waals surface area contributed by atoms with E-state index in [9.17, 15) is 14.0 Å². The number of hydrogen-bond donors (Lipinski definition) is 1. The number of hydrogen-bond acceptors (Lipinski definition) is 4. The minimum atomic E-state index is -0.410. The van der Waals surface area contributed by atoms with Gasteiger partial charge in [0.1, 0.15) is 5.82 Å². The fourth-order valence-corrected chi connectivity index (χ4v) is 3.56. The maximum absolute atomic E-state index is 14.4. The van der Waals surface area contributed by atoms with Crippen LogP contribution in [0.1, 0.15) is 35.8 Å². The summed E-state index contributed by atoms with van der Waals surface area (Å²) in [5, 5.41) is 0. The average molecular weight is 383 g/mol. The minimum Gasteiger partial charge on any atom is -0.366 e. The molecule has 0 bridgehead atoms. The molecule has 0 saturated carbocycles. The molecule has 2 aromatic rings. The molecule has 1 amide bonds. The van der Waals surface area contributed by atoms with Crippen LogP contribution in [0.5, 0.6) is 0 Å². The Morgan fingerprint density at radius 3 is 2.25 bits per heavy atom. The first-order chi connectivity index (χ1) is 13.4. The van der Waals surface area contributed by atoms with E-state index in [2.05, 4.69) is 0 Å². The number of ketones is 1. The van der Waals surface area contributed by atoms with Crippen molar-refractivity contribution in [1.82, 2.24) is 4.90 Å². The molecule has 0 aromatic heterocycles. The molecular formula is C22H26FN3O2. The summed E-state index contributed by atoms with van der Waals surface area (Å²) >= 11 is 0. The number of benzene rings is 2. The summed E-state index contributed by atoms with van der Waals surface area (Å²) in [5.74, 6) is -0.888. The molecule has 2 atom stereocenters. The molecule has 0 spiro atoms. The Labute approximate surface area is 164 Å². The molecule has 0 radical (unpaired) electrons. The highest BCUT2D eigenvalue weighted by Gasteiger charge is 2.29. The zero-order chi connectivity index (χ0) is 20.3. The number of rotatable bonds is 5. The summed E-state index contributed by atoms with van der Waals surface area (Å²) in [5.41, 5.74) is 8.05. The molecule has 5 nitrogen and oxygen atoms in total. The Morgan fingerprint density at radius 2 is 1.68 bits per heavy atom. The minimum absolute atomic E-state index is 0.0170. The first kappa shape index (κ1) is 20.0. The molecule has 3 rings (SSSR count). The number of carbonyl (C=O) groups is 2. The van der Waals surface area contributed by atoms with Crippen LogP contribution in [-0.2, 0) is 4.79 Å². The van der Waals surface area contributed by atoms with Gasteiger partial charge in [0.2, 0.25) is 5.91 Å². The van der Waals surface area contributed by atoms with E-state index in [1.165, 1.54) is 13.0 Å². The highest BCUT2D eigenvalue weighted by Crippen LogP contribution is 2.25. The predicted octanol–water partition coefficient (Wildman–Crippen LogP) is 3.01. The molecule has 6 heteroatoms. The fraction of sp³-hybridized carbons (Fsp3) is 0.364. The van der Waals surface area contributed by atoms with Gasteiger partial charge in [-0.25, -0.2) is 4.39 Å². The molecule has 28 heavy (non-hydrogen) atoms. The van der Waals surface area contributed by atoms with E-state index in [0.29, 0.717) is 37.4 Å². The zero-order valence-corrected chi connectivity index (χ0v) is 16.3. The van der Waals surface area contributed by atoms with Crippen LogP contribution in [0.15, 0.2) is 48.5 Å². The van der Waals surface area contributed by atoms with Crippen LogP contribution >= 0.6 is 0 Å². The van der Waals surface area contributed by atoms with Gasteiger partial charge in [0.05, 0.1) is 11.6 Å². The number of nitrogens with zero attached hydrogens (tertiary/aromatic N) is 2. The molecular weight excluding hydrogens is 357 g/mol. The van der Waals surface area contributed by atoms with Crippen molar-refractivity contribution in [2.45, 2.75) is 19.9 Å². The summed E-state index contributed by atoms with van der Waals surface area (Å²) in [7, 11) is 0. The van der Waals surface area contributed by atoms with Gasteiger partial charge in [0.15, 0.2) is 5.78 Å². The van der Waals surface area contributed by atoms with Crippen LogP contribution in [0, 0.1) is 11.7 Å². The lowest BCUT2D eigenvalue weighted by molar-refractivity contribution is -0.136. The van der Waals surface area contributed by atoms with E-state index in [0.717, 1.165) is 5.56 Å². The standard InChI is InChI=1S/C22H26FN3O2/c1-15(21(24)17-6-4-3-5-7-17)22(28)26-12-10-25(11-13-26)20-9-8-18(16(2)27)14-19(20)23/h3-9,14-15,21H,10-13,24H2,1-2H3. The number of Topliss-reactive ketones (excluding diaryl/α,β-unsaturated/α-hetero) is 1. The zero-order valence-electron chi connectivity index (χ0n) is 16.3. The molecule has 148 valence electrons. The Bertz CT molecular complexity index is 848. The van der Waals surface area contributed by atoms with Gasteiger partial charge in [0, 0.05) is 37.8 Å². The van der Waals surface area contributed by atoms with Crippen LogP contribution in [0.3, 0.4) is 0 Å². The number of amides is 1. The lowest BCUT2D eigenvalue weighted by Crippen LogP contribution is -2.51. The fourth-order valence-electron chi connectivity index (χ4n) is 3.56. The van der Waals surface area contributed by atoms with Crippen molar-refractivity contribution in [3.8, 4) is 0 Å². The van der Waals surface area contributed by atoms with E-state index in [1.807, 2.05) is 42.2 Å². The van der Waals surface area contributed by atoms with Gasteiger partial charge in [0.25, 0.3) is 0 Å². The summed E-state index contributed by atoms with van der Waals surface area (Å²) in [6.45, 7) is 5.37. The molecule has 2 N–H and O–H groups in total. The van der Waals surface area contributed by atoms with Crippen molar-refractivity contribution in [3.63, 3.8) is 0 Å². The number of piperazine rings is 1. The van der Waals surface area contributed by atoms with Gasteiger partial charge in [-0.1, -0.05) is 37.3 Å². The molecule has 2 aromatic carbocycles. The van der Waals surface area contributed by atoms with Crippen molar-refractivity contribution in [2.75, 3.05) is 31.1 Å². The number of carbonyl (C=O) groups excluding carboxylic acids is 2. The third-order valence-corrected chi connectivity index (χ3v) is 5.40. The summed E-state index contributed by atoms with van der Waals surface area (Å²) in [6, 6.07) is 13.8. The van der Waals surface area contributed by atoms with E-state index in [4.69, 9.17) is 5.73 Å². The largest absolute Gasteiger partial charge is 0.366 e. The van der Waals surface area contributed by atoms with Gasteiger partial charge in [-0.15, -0.1) is 0 Å². The van der Waals surface area contributed by atoms with Gasteiger partial charge >= 0.3 is 0 Å². The molecule has 1 fully saturated rings. The monoisotopic (exact) mass is 383 g/mol. The van der Waals surface area contributed by atoms with Gasteiger partial charge < -0.3 is 15.5 Å². The Balaban J connectivity index is 1.62. The third kappa shape index (κ3) is 4.22. The maximum atomic E-state index is 14.4. The van der Waals surface area contributed by atoms with Crippen molar-refractivity contribution in [3.05, 3.63) is 65.5 Å². The van der Waals surface area contributed by atoms with E-state index < -0.39 is 5.82 Å². The second-order valence-corrected chi connectivity index (χ2v) is 7.26. The molecule has 2 unspecified atom stereocenters. The molecule has 1 heterocycles. The second-order valence-electron chi connectivity index (χ2n) is 7.26. The molecule has 0 aliphatic carbocycles. The average Bonchev–Trinajstić information content (AvgIpc) is 2.72. The smallest absolute Gasteiger partial charge is 0.227 e. The highest BCUT2D eigenvalue weighted by atomic mass is 19.1. The topological polar surface area (TPSA) is 66.6 Å². The van der Waals surface area contributed by atoms with Gasteiger partial charge in [-0.05, 0) is 30.7 Å². The lowest BCUT2D eigenvalue weighted by Gasteiger charge is -2.38. The molecule has 1 aliphatic rings. The van der Waals surface area contributed by atoms with Crippen LogP contribution < -0.4 is 10.6 Å². The molecule has 1 aliphatic heterocycles. The van der Waals surface area contributed by atoms with E-state index in [-0.39, 0.29) is 23.7 Å². The summed E-state index contributed by atoms with van der Waals surface area (Å²) in [6.07, 6.45) is 0. The lowest BCUT2D eigenvalue weighted by atomic mass is 9.94. The van der Waals surface area contributed by atoms with Crippen LogP contribution in [0.2, 0.25) is 0 Å². The first-order valence-corrected chi connectivity index (χ1v) is 9.53. The van der Waals surface area contributed by atoms with Crippen LogP contribution in [-0.4, -0.2) is 42.8 Å². The third-order valence-electron chi connectivity index (χ3n) is 5.40. The van der Waals surface area contributed by atoms with Crippen LogP contribution in [0.4, 0.5) is 10.1 Å². The van der Waals surface area contributed by atoms with E-state index >= 15 is 0 Å². The predicted molar refractivity (Wildman–Crippen MR) is 108 cm³/mol. The normalized spacial score (nSPS) is 16.6. The van der Waals surface area contributed by atoms with Crippen molar-refractivity contribution >= 4 is 17.4 Å². The van der Waals surface area contributed by atoms with Gasteiger partial charge in [-0.2, -0.15) is 0 Å². The number of halogens is 1. The highest BCUT2D eigenvalue weighted by molar-refractivity contribution is 5.94. The van der Waals surface area contributed by atoms with Crippen molar-refractivity contribution < 1.29 is 14.0 Å². The molecule has 1 saturated heterocycles. The summed E-state index contributed by atoms with van der Waals surface area (Å²) < 4.78 is 14.4. The quantitative estimate of drug-likeness (QED) is 0.806. The van der Waals surface area contributed by atoms with Crippen molar-refractivity contribution in [2.24, 2.45) is 11.7 Å². The maximum Gasteiger partial charge on any atom is 0.227 e. The van der Waals surface area contributed by atoms with Gasteiger partial charge in [-0.3, -0.25) is 9.59 Å². The van der Waals surface area contributed by atoms with Crippen molar-refractivity contribution in [1.29, 1.82) is 0 Å².